The highest BCUT2D eigenvalue weighted by Crippen LogP contribution is 2.28. The van der Waals surface area contributed by atoms with Crippen molar-refractivity contribution in [1.82, 2.24) is 19.4 Å². The second-order valence-electron chi connectivity index (χ2n) is 9.29. The number of hydrogen-bond acceptors (Lipinski definition) is 7. The van der Waals surface area contributed by atoms with Crippen LogP contribution in [-0.4, -0.2) is 86.2 Å². The highest BCUT2D eigenvalue weighted by atomic mass is 32.2. The number of amides is 1. The number of carbonyl (C=O) groups is 1. The molecule has 1 aromatic carbocycles. The van der Waals surface area contributed by atoms with E-state index in [-0.39, 0.29) is 29.0 Å². The van der Waals surface area contributed by atoms with Gasteiger partial charge in [-0.25, -0.2) is 4.98 Å². The van der Waals surface area contributed by atoms with Crippen molar-refractivity contribution >= 4 is 21.6 Å². The quantitative estimate of drug-likeness (QED) is 0.640. The molecule has 10 nitrogen and oxygen atoms in total. The molecule has 194 valence electrons. The maximum atomic E-state index is 13.3. The molecule has 11 heteroatoms. The molecule has 1 aromatic heterocycles. The predicted molar refractivity (Wildman–Crippen MR) is 134 cm³/mol. The topological polar surface area (TPSA) is 106 Å². The third-order valence-corrected chi connectivity index (χ3v) is 7.56. The normalized spacial score (nSPS) is 22.6. The van der Waals surface area contributed by atoms with E-state index in [0.29, 0.717) is 30.2 Å². The molecule has 35 heavy (non-hydrogen) atoms. The summed E-state index contributed by atoms with van der Waals surface area (Å²) in [7, 11) is 1.22. The Morgan fingerprint density at radius 2 is 1.97 bits per heavy atom. The molecular weight excluding hydrogens is 470 g/mol. The highest BCUT2D eigenvalue weighted by molar-refractivity contribution is 7.92. The minimum Gasteiger partial charge on any atom is -0.491 e. The molecule has 2 heterocycles. The van der Waals surface area contributed by atoms with Gasteiger partial charge >= 0.3 is 0 Å². The van der Waals surface area contributed by atoms with Crippen LogP contribution in [0.2, 0.25) is 0 Å². The lowest BCUT2D eigenvalue weighted by Crippen LogP contribution is -2.46. The number of nitrogens with one attached hydrogen (secondary N) is 1. The first-order valence-electron chi connectivity index (χ1n) is 11.9. The Kier molecular flexibility index (Phi) is 8.79. The monoisotopic (exact) mass is 507 g/mol. The molecule has 0 saturated heterocycles. The van der Waals surface area contributed by atoms with Crippen molar-refractivity contribution in [2.45, 2.75) is 44.4 Å². The van der Waals surface area contributed by atoms with Crippen LogP contribution < -0.4 is 9.46 Å². The number of ether oxygens (including phenoxy) is 2. The number of anilines is 1. The van der Waals surface area contributed by atoms with E-state index < -0.39 is 10.0 Å². The Bertz CT molecular complexity index is 1120. The molecule has 1 N–H and O–H groups in total. The van der Waals surface area contributed by atoms with Crippen LogP contribution in [0, 0.1) is 5.92 Å². The van der Waals surface area contributed by atoms with Crippen molar-refractivity contribution in [3.8, 4) is 5.75 Å². The fourth-order valence-electron chi connectivity index (χ4n) is 4.24. The molecular formula is C24H37N5O5S. The second kappa shape index (κ2) is 11.4. The van der Waals surface area contributed by atoms with Crippen LogP contribution in [0.15, 0.2) is 35.7 Å². The SMILES string of the molecule is CCCN1C[C@H](C)[C@H](OC)CN(C)C(=O)c2ccc(NS(=O)(=O)c3cn(C)cn3)cc2OC[C@@H]1C. The number of nitrogens with zero attached hydrogens (tertiary/aromatic N) is 4. The van der Waals surface area contributed by atoms with Crippen LogP contribution >= 0.6 is 0 Å². The largest absolute Gasteiger partial charge is 0.491 e. The molecule has 3 atom stereocenters. The Balaban J connectivity index is 1.95. The summed E-state index contributed by atoms with van der Waals surface area (Å²) < 4.78 is 41.5. The summed E-state index contributed by atoms with van der Waals surface area (Å²) >= 11 is 0. The van der Waals surface area contributed by atoms with E-state index in [4.69, 9.17) is 9.47 Å². The molecule has 1 amide bonds. The first kappa shape index (κ1) is 27.0. The third-order valence-electron chi connectivity index (χ3n) is 6.30. The van der Waals surface area contributed by atoms with Crippen LogP contribution in [0.3, 0.4) is 0 Å². The first-order valence-corrected chi connectivity index (χ1v) is 13.3. The average Bonchev–Trinajstić information content (AvgIpc) is 3.26. The number of carbonyl (C=O) groups excluding carboxylic acids is 1. The van der Waals surface area contributed by atoms with Crippen LogP contribution in [0.25, 0.3) is 0 Å². The molecule has 2 aromatic rings. The van der Waals surface area contributed by atoms with E-state index in [0.717, 1.165) is 19.5 Å². The molecule has 0 bridgehead atoms. The van der Waals surface area contributed by atoms with E-state index in [2.05, 4.69) is 35.4 Å². The van der Waals surface area contributed by atoms with E-state index in [1.54, 1.807) is 48.9 Å². The number of rotatable bonds is 6. The number of sulfonamides is 1. The zero-order valence-electron chi connectivity index (χ0n) is 21.4. The second-order valence-corrected chi connectivity index (χ2v) is 10.9. The zero-order chi connectivity index (χ0) is 25.8. The standard InChI is InChI=1S/C24H37N5O5S/c1-7-10-29-12-17(2)22(33-6)13-28(5)24(30)20-9-8-19(11-21(20)34-15-18(29)3)26-35(31,32)23-14-27(4)16-25-23/h8-9,11,14,16-18,22,26H,7,10,12-13,15H2,1-6H3/t17-,18-,22+/m0/s1. The Morgan fingerprint density at radius 1 is 1.23 bits per heavy atom. The van der Waals surface area contributed by atoms with Gasteiger partial charge in [-0.2, -0.15) is 8.42 Å². The van der Waals surface area contributed by atoms with E-state index in [1.165, 1.54) is 12.5 Å². The number of methoxy groups -OCH3 is 1. The number of imidazole rings is 1. The number of likely N-dealkylation sites (N-methyl/N-ethyl adjacent to an activating group) is 1. The summed E-state index contributed by atoms with van der Waals surface area (Å²) in [4.78, 5) is 21.2. The van der Waals surface area contributed by atoms with Crippen molar-refractivity contribution in [2.24, 2.45) is 13.0 Å². The number of benzene rings is 1. The van der Waals surface area contributed by atoms with Crippen LogP contribution in [0.5, 0.6) is 5.75 Å². The molecule has 1 aliphatic rings. The maximum Gasteiger partial charge on any atom is 0.280 e. The van der Waals surface area contributed by atoms with Gasteiger partial charge in [0, 0.05) is 52.6 Å². The lowest BCUT2D eigenvalue weighted by molar-refractivity contribution is 0.0108. The van der Waals surface area contributed by atoms with Gasteiger partial charge in [-0.1, -0.05) is 13.8 Å². The van der Waals surface area contributed by atoms with Crippen molar-refractivity contribution in [2.75, 3.05) is 45.1 Å². The summed E-state index contributed by atoms with van der Waals surface area (Å²) in [6, 6.07) is 4.80. The fourth-order valence-corrected chi connectivity index (χ4v) is 5.28. The lowest BCUT2D eigenvalue weighted by Gasteiger charge is -2.35. The van der Waals surface area contributed by atoms with E-state index in [9.17, 15) is 13.2 Å². The molecule has 0 radical (unpaired) electrons. The Labute approximate surface area is 208 Å². The minimum absolute atomic E-state index is 0.0869. The smallest absolute Gasteiger partial charge is 0.280 e. The molecule has 0 aliphatic carbocycles. The molecule has 0 unspecified atom stereocenters. The molecule has 0 spiro atoms. The van der Waals surface area contributed by atoms with E-state index >= 15 is 0 Å². The summed E-state index contributed by atoms with van der Waals surface area (Å²) in [5.41, 5.74) is 0.656. The summed E-state index contributed by atoms with van der Waals surface area (Å²) in [6.45, 7) is 8.89. The Morgan fingerprint density at radius 3 is 2.60 bits per heavy atom. The number of aryl methyl sites for hydroxylation is 1. The Hall–Kier alpha value is -2.63. The molecule has 1 aliphatic heterocycles. The van der Waals surface area contributed by atoms with Crippen LogP contribution in [0.4, 0.5) is 5.69 Å². The van der Waals surface area contributed by atoms with Gasteiger partial charge in [0.05, 0.1) is 23.7 Å². The molecule has 0 fully saturated rings. The fraction of sp³-hybridized carbons (Fsp3) is 0.583. The summed E-state index contributed by atoms with van der Waals surface area (Å²) in [5, 5.41) is -0.0898. The minimum atomic E-state index is -3.88. The van der Waals surface area contributed by atoms with Gasteiger partial charge in [-0.3, -0.25) is 14.4 Å². The van der Waals surface area contributed by atoms with Crippen molar-refractivity contribution in [3.63, 3.8) is 0 Å². The predicted octanol–water partition coefficient (Wildman–Crippen LogP) is 2.44. The zero-order valence-corrected chi connectivity index (χ0v) is 22.2. The van der Waals surface area contributed by atoms with Gasteiger partial charge < -0.3 is 18.9 Å². The van der Waals surface area contributed by atoms with Crippen molar-refractivity contribution in [3.05, 3.63) is 36.3 Å². The molecule has 3 rings (SSSR count). The summed E-state index contributed by atoms with van der Waals surface area (Å²) in [5.74, 6) is 0.326. The van der Waals surface area contributed by atoms with Gasteiger partial charge in [-0.05, 0) is 37.9 Å². The maximum absolute atomic E-state index is 13.3. The number of aromatic nitrogens is 2. The van der Waals surface area contributed by atoms with E-state index in [1.807, 2.05) is 0 Å². The van der Waals surface area contributed by atoms with Crippen LogP contribution in [-0.2, 0) is 21.8 Å². The van der Waals surface area contributed by atoms with Crippen molar-refractivity contribution < 1.29 is 22.7 Å². The first-order chi connectivity index (χ1) is 16.6. The van der Waals surface area contributed by atoms with Gasteiger partial charge in [0.25, 0.3) is 15.9 Å². The van der Waals surface area contributed by atoms with Crippen LogP contribution in [0.1, 0.15) is 37.6 Å². The average molecular weight is 508 g/mol. The van der Waals surface area contributed by atoms with Gasteiger partial charge in [-0.15, -0.1) is 0 Å². The highest BCUT2D eigenvalue weighted by Gasteiger charge is 2.28. The number of fused-ring (bicyclic) bond motifs is 1. The number of hydrogen-bond donors (Lipinski definition) is 1. The summed E-state index contributed by atoms with van der Waals surface area (Å²) in [6.07, 6.45) is 3.72. The molecule has 0 saturated carbocycles. The van der Waals surface area contributed by atoms with Gasteiger partial charge in [0.1, 0.15) is 12.4 Å². The third kappa shape index (κ3) is 6.53. The lowest BCUT2D eigenvalue weighted by atomic mass is 10.0. The van der Waals surface area contributed by atoms with Gasteiger partial charge in [0.2, 0.25) is 0 Å². The van der Waals surface area contributed by atoms with Gasteiger partial charge in [0.15, 0.2) is 5.03 Å². The van der Waals surface area contributed by atoms with Crippen molar-refractivity contribution in [1.29, 1.82) is 0 Å².